The lowest BCUT2D eigenvalue weighted by Crippen LogP contribution is -2.39. The number of amides is 1. The number of carbonyl (C=O) groups excluding carboxylic acids is 1. The Labute approximate surface area is 161 Å². The first-order valence-corrected chi connectivity index (χ1v) is 10.7. The highest BCUT2D eigenvalue weighted by atomic mass is 32.2. The minimum absolute atomic E-state index is 0.0913. The summed E-state index contributed by atoms with van der Waals surface area (Å²) >= 11 is 0. The van der Waals surface area contributed by atoms with E-state index in [9.17, 15) is 13.2 Å². The summed E-state index contributed by atoms with van der Waals surface area (Å²) in [5, 5.41) is 0. The highest BCUT2D eigenvalue weighted by Gasteiger charge is 2.25. The molecule has 0 aliphatic carbocycles. The summed E-state index contributed by atoms with van der Waals surface area (Å²) in [7, 11) is -3.76. The van der Waals surface area contributed by atoms with E-state index in [4.69, 9.17) is 0 Å². The predicted octanol–water partition coefficient (Wildman–Crippen LogP) is 3.98. The lowest BCUT2D eigenvalue weighted by Gasteiger charge is -2.31. The van der Waals surface area contributed by atoms with Crippen LogP contribution in [0.2, 0.25) is 0 Å². The molecule has 6 heteroatoms. The van der Waals surface area contributed by atoms with Crippen LogP contribution in [0.3, 0.4) is 0 Å². The quantitative estimate of drug-likeness (QED) is 0.864. The zero-order chi connectivity index (χ0) is 19.6. The number of piperidine rings is 1. The van der Waals surface area contributed by atoms with Crippen molar-refractivity contribution in [1.29, 1.82) is 0 Å². The molecular weight excluding hydrogens is 360 g/mol. The number of carbonyl (C=O) groups is 1. The van der Waals surface area contributed by atoms with Crippen LogP contribution < -0.4 is 4.72 Å². The fourth-order valence-corrected chi connectivity index (χ4v) is 4.46. The Bertz CT molecular complexity index is 936. The first-order valence-electron chi connectivity index (χ1n) is 9.26. The summed E-state index contributed by atoms with van der Waals surface area (Å²) in [6, 6.07) is 11.9. The fraction of sp³-hybridized carbons (Fsp3) is 0.381. The number of rotatable bonds is 4. The van der Waals surface area contributed by atoms with E-state index in [1.54, 1.807) is 24.3 Å². The van der Waals surface area contributed by atoms with Crippen molar-refractivity contribution in [2.75, 3.05) is 17.8 Å². The molecule has 144 valence electrons. The summed E-state index contributed by atoms with van der Waals surface area (Å²) < 4.78 is 28.1. The van der Waals surface area contributed by atoms with Gasteiger partial charge in [0.1, 0.15) is 0 Å². The van der Waals surface area contributed by atoms with E-state index in [1.165, 1.54) is 6.07 Å². The number of nitrogens with zero attached hydrogens (tertiary/aromatic N) is 1. The second kappa shape index (κ2) is 7.72. The molecule has 1 aliphatic rings. The van der Waals surface area contributed by atoms with Gasteiger partial charge in [-0.05, 0) is 62.4 Å². The maximum atomic E-state index is 13.0. The monoisotopic (exact) mass is 386 g/mol. The van der Waals surface area contributed by atoms with Crippen molar-refractivity contribution < 1.29 is 13.2 Å². The Morgan fingerprint density at radius 2 is 1.81 bits per heavy atom. The van der Waals surface area contributed by atoms with Crippen LogP contribution in [0, 0.1) is 19.8 Å². The van der Waals surface area contributed by atoms with Crippen molar-refractivity contribution in [1.82, 2.24) is 4.90 Å². The summed E-state index contributed by atoms with van der Waals surface area (Å²) in [5.74, 6) is 0.379. The third kappa shape index (κ3) is 4.50. The van der Waals surface area contributed by atoms with Gasteiger partial charge in [0, 0.05) is 24.3 Å². The van der Waals surface area contributed by atoms with Crippen LogP contribution in [-0.4, -0.2) is 32.3 Å². The Morgan fingerprint density at radius 3 is 2.48 bits per heavy atom. The van der Waals surface area contributed by atoms with Crippen LogP contribution in [0.4, 0.5) is 5.69 Å². The highest BCUT2D eigenvalue weighted by Crippen LogP contribution is 2.23. The number of benzene rings is 2. The first-order chi connectivity index (χ1) is 12.8. The van der Waals surface area contributed by atoms with E-state index >= 15 is 0 Å². The van der Waals surface area contributed by atoms with Crippen LogP contribution in [0.1, 0.15) is 41.3 Å². The van der Waals surface area contributed by atoms with E-state index in [1.807, 2.05) is 30.9 Å². The Kier molecular flexibility index (Phi) is 5.56. The molecule has 1 atom stereocenters. The Hall–Kier alpha value is -2.34. The summed E-state index contributed by atoms with van der Waals surface area (Å²) in [4.78, 5) is 14.9. The normalized spacial score (nSPS) is 17.6. The topological polar surface area (TPSA) is 66.5 Å². The SMILES string of the molecule is Cc1ccc(NS(=O)(=O)c2ccc(C)c(C(=O)N3CCC[C@H](C)C3)c2)cc1. The van der Waals surface area contributed by atoms with Gasteiger partial charge in [0.25, 0.3) is 15.9 Å². The van der Waals surface area contributed by atoms with Crippen molar-refractivity contribution in [2.45, 2.75) is 38.5 Å². The second-order valence-corrected chi connectivity index (χ2v) is 9.13. The Balaban J connectivity index is 1.87. The highest BCUT2D eigenvalue weighted by molar-refractivity contribution is 7.92. The van der Waals surface area contributed by atoms with Gasteiger partial charge in [0.2, 0.25) is 0 Å². The number of nitrogens with one attached hydrogen (secondary N) is 1. The molecule has 2 aromatic rings. The lowest BCUT2D eigenvalue weighted by atomic mass is 9.99. The van der Waals surface area contributed by atoms with Gasteiger partial charge in [-0.2, -0.15) is 0 Å². The molecule has 2 aromatic carbocycles. The molecule has 3 rings (SSSR count). The lowest BCUT2D eigenvalue weighted by molar-refractivity contribution is 0.0682. The molecule has 27 heavy (non-hydrogen) atoms. The molecule has 0 unspecified atom stereocenters. The van der Waals surface area contributed by atoms with Crippen molar-refractivity contribution in [3.63, 3.8) is 0 Å². The number of anilines is 1. The molecule has 1 aliphatic heterocycles. The van der Waals surface area contributed by atoms with E-state index < -0.39 is 10.0 Å². The maximum absolute atomic E-state index is 13.0. The minimum atomic E-state index is -3.76. The fourth-order valence-electron chi connectivity index (χ4n) is 3.38. The van der Waals surface area contributed by atoms with E-state index in [2.05, 4.69) is 11.6 Å². The molecule has 0 spiro atoms. The number of sulfonamides is 1. The molecule has 1 heterocycles. The summed E-state index contributed by atoms with van der Waals surface area (Å²) in [5.41, 5.74) is 2.79. The van der Waals surface area contributed by atoms with Crippen LogP contribution in [0.15, 0.2) is 47.4 Å². The Morgan fingerprint density at radius 1 is 1.11 bits per heavy atom. The van der Waals surface area contributed by atoms with Gasteiger partial charge in [-0.3, -0.25) is 9.52 Å². The smallest absolute Gasteiger partial charge is 0.261 e. The van der Waals surface area contributed by atoms with Crippen LogP contribution in [-0.2, 0) is 10.0 Å². The van der Waals surface area contributed by atoms with E-state index in [-0.39, 0.29) is 10.8 Å². The molecule has 1 saturated heterocycles. The second-order valence-electron chi connectivity index (χ2n) is 7.45. The number of hydrogen-bond acceptors (Lipinski definition) is 3. The molecule has 5 nitrogen and oxygen atoms in total. The van der Waals surface area contributed by atoms with Gasteiger partial charge < -0.3 is 4.90 Å². The standard InChI is InChI=1S/C21H26N2O3S/c1-15-6-9-18(10-7-15)22-27(25,26)19-11-8-17(3)20(13-19)21(24)23-12-4-5-16(2)14-23/h6-11,13,16,22H,4-5,12,14H2,1-3H3/t16-/m0/s1. The van der Waals surface area contributed by atoms with Crippen LogP contribution in [0.5, 0.6) is 0 Å². The van der Waals surface area contributed by atoms with Crippen LogP contribution in [0.25, 0.3) is 0 Å². The number of likely N-dealkylation sites (tertiary alicyclic amines) is 1. The molecule has 1 fully saturated rings. The van der Waals surface area contributed by atoms with Crippen molar-refractivity contribution >= 4 is 21.6 Å². The largest absolute Gasteiger partial charge is 0.338 e. The van der Waals surface area contributed by atoms with Crippen molar-refractivity contribution in [3.8, 4) is 0 Å². The van der Waals surface area contributed by atoms with E-state index in [0.29, 0.717) is 17.2 Å². The van der Waals surface area contributed by atoms with Gasteiger partial charge >= 0.3 is 0 Å². The van der Waals surface area contributed by atoms with Gasteiger partial charge in [-0.1, -0.05) is 30.7 Å². The van der Waals surface area contributed by atoms with Gasteiger partial charge in [0.05, 0.1) is 4.90 Å². The first kappa shape index (κ1) is 19.4. The molecule has 1 amide bonds. The van der Waals surface area contributed by atoms with Gasteiger partial charge in [-0.15, -0.1) is 0 Å². The van der Waals surface area contributed by atoms with Gasteiger partial charge in [0.15, 0.2) is 0 Å². The number of aryl methyl sites for hydroxylation is 2. The van der Waals surface area contributed by atoms with E-state index in [0.717, 1.165) is 37.1 Å². The molecule has 0 aromatic heterocycles. The summed E-state index contributed by atoms with van der Waals surface area (Å²) in [6.45, 7) is 7.36. The average Bonchev–Trinajstić information content (AvgIpc) is 2.63. The summed E-state index contributed by atoms with van der Waals surface area (Å²) in [6.07, 6.45) is 2.11. The third-order valence-electron chi connectivity index (χ3n) is 5.00. The van der Waals surface area contributed by atoms with Gasteiger partial charge in [-0.25, -0.2) is 8.42 Å². The van der Waals surface area contributed by atoms with Crippen molar-refractivity contribution in [2.24, 2.45) is 5.92 Å². The molecule has 0 saturated carbocycles. The predicted molar refractivity (Wildman–Crippen MR) is 107 cm³/mol. The maximum Gasteiger partial charge on any atom is 0.261 e. The zero-order valence-electron chi connectivity index (χ0n) is 16.0. The third-order valence-corrected chi connectivity index (χ3v) is 6.38. The molecule has 0 bridgehead atoms. The number of hydrogen-bond donors (Lipinski definition) is 1. The molecule has 1 N–H and O–H groups in total. The molecular formula is C21H26N2O3S. The van der Waals surface area contributed by atoms with Crippen molar-refractivity contribution in [3.05, 3.63) is 59.2 Å². The average molecular weight is 387 g/mol. The van der Waals surface area contributed by atoms with Crippen LogP contribution >= 0.6 is 0 Å². The molecule has 0 radical (unpaired) electrons. The zero-order valence-corrected chi connectivity index (χ0v) is 16.8. The minimum Gasteiger partial charge on any atom is -0.338 e.